The molecule has 1 aliphatic heterocycles. The Bertz CT molecular complexity index is 363. The SMILES string of the molecule is CC1(C)COCCN1C(=O)NC1(C(=O)O)CCC1. The van der Waals surface area contributed by atoms with Crippen molar-refractivity contribution < 1.29 is 19.4 Å². The third kappa shape index (κ3) is 2.16. The average molecular weight is 256 g/mol. The first-order chi connectivity index (χ1) is 8.37. The highest BCUT2D eigenvalue weighted by molar-refractivity contribution is 5.87. The van der Waals surface area contributed by atoms with Crippen molar-refractivity contribution >= 4 is 12.0 Å². The minimum Gasteiger partial charge on any atom is -0.480 e. The number of hydrogen-bond donors (Lipinski definition) is 2. The summed E-state index contributed by atoms with van der Waals surface area (Å²) in [4.78, 5) is 25.1. The van der Waals surface area contributed by atoms with E-state index < -0.39 is 17.0 Å². The molecule has 2 fully saturated rings. The number of carbonyl (C=O) groups excluding carboxylic acids is 1. The van der Waals surface area contributed by atoms with Gasteiger partial charge in [0.25, 0.3) is 0 Å². The van der Waals surface area contributed by atoms with E-state index in [0.29, 0.717) is 32.6 Å². The van der Waals surface area contributed by atoms with Crippen molar-refractivity contribution in [2.24, 2.45) is 0 Å². The number of nitrogens with one attached hydrogen (secondary N) is 1. The van der Waals surface area contributed by atoms with Crippen LogP contribution < -0.4 is 5.32 Å². The molecule has 2 N–H and O–H groups in total. The van der Waals surface area contributed by atoms with Gasteiger partial charge >= 0.3 is 12.0 Å². The molecule has 0 atom stereocenters. The molecule has 6 nitrogen and oxygen atoms in total. The first-order valence-corrected chi connectivity index (χ1v) is 6.28. The van der Waals surface area contributed by atoms with Gasteiger partial charge in [0.05, 0.1) is 18.8 Å². The highest BCUT2D eigenvalue weighted by atomic mass is 16.5. The van der Waals surface area contributed by atoms with E-state index in [9.17, 15) is 14.7 Å². The molecule has 1 saturated carbocycles. The van der Waals surface area contributed by atoms with Gasteiger partial charge in [0.15, 0.2) is 0 Å². The number of morpholine rings is 1. The highest BCUT2D eigenvalue weighted by Crippen LogP contribution is 2.32. The Balaban J connectivity index is 2.05. The van der Waals surface area contributed by atoms with E-state index >= 15 is 0 Å². The molecule has 1 aliphatic carbocycles. The fourth-order valence-electron chi connectivity index (χ4n) is 2.43. The van der Waals surface area contributed by atoms with Crippen LogP contribution in [0.5, 0.6) is 0 Å². The van der Waals surface area contributed by atoms with Gasteiger partial charge in [-0.2, -0.15) is 0 Å². The maximum absolute atomic E-state index is 12.2. The third-order valence-electron chi connectivity index (χ3n) is 3.85. The summed E-state index contributed by atoms with van der Waals surface area (Å²) in [5, 5.41) is 11.9. The van der Waals surface area contributed by atoms with E-state index in [1.807, 2.05) is 13.8 Å². The van der Waals surface area contributed by atoms with Gasteiger partial charge in [-0.3, -0.25) is 0 Å². The number of ether oxygens (including phenoxy) is 1. The van der Waals surface area contributed by atoms with Crippen molar-refractivity contribution in [3.8, 4) is 0 Å². The number of rotatable bonds is 2. The topological polar surface area (TPSA) is 78.9 Å². The van der Waals surface area contributed by atoms with E-state index in [0.717, 1.165) is 6.42 Å². The molecule has 0 aromatic carbocycles. The Morgan fingerprint density at radius 2 is 2.00 bits per heavy atom. The van der Waals surface area contributed by atoms with Crippen molar-refractivity contribution in [3.63, 3.8) is 0 Å². The standard InChI is InChI=1S/C12H20N2O4/c1-11(2)8-18-7-6-14(11)10(17)13-12(9(15)16)4-3-5-12/h3-8H2,1-2H3,(H,13,17)(H,15,16). The van der Waals surface area contributed by atoms with Crippen molar-refractivity contribution in [1.29, 1.82) is 0 Å². The number of aliphatic carboxylic acids is 1. The second-order valence-electron chi connectivity index (χ2n) is 5.69. The summed E-state index contributed by atoms with van der Waals surface area (Å²) < 4.78 is 5.35. The lowest BCUT2D eigenvalue weighted by Crippen LogP contribution is -2.66. The Labute approximate surface area is 106 Å². The summed E-state index contributed by atoms with van der Waals surface area (Å²) >= 11 is 0. The Morgan fingerprint density at radius 3 is 2.44 bits per heavy atom. The van der Waals surface area contributed by atoms with Gasteiger partial charge < -0.3 is 20.1 Å². The van der Waals surface area contributed by atoms with E-state index in [4.69, 9.17) is 4.74 Å². The molecule has 0 spiro atoms. The molecule has 0 radical (unpaired) electrons. The lowest BCUT2D eigenvalue weighted by molar-refractivity contribution is -0.148. The fraction of sp³-hybridized carbons (Fsp3) is 0.833. The number of amides is 2. The van der Waals surface area contributed by atoms with Crippen molar-refractivity contribution in [2.45, 2.75) is 44.2 Å². The third-order valence-corrected chi connectivity index (χ3v) is 3.85. The van der Waals surface area contributed by atoms with Crippen molar-refractivity contribution in [3.05, 3.63) is 0 Å². The Hall–Kier alpha value is -1.30. The molecule has 1 saturated heterocycles. The van der Waals surface area contributed by atoms with Crippen LogP contribution >= 0.6 is 0 Å². The fourth-order valence-corrected chi connectivity index (χ4v) is 2.43. The van der Waals surface area contributed by atoms with Gasteiger partial charge in [-0.05, 0) is 33.1 Å². The molecule has 2 rings (SSSR count). The number of hydrogen-bond acceptors (Lipinski definition) is 3. The summed E-state index contributed by atoms with van der Waals surface area (Å²) in [6, 6.07) is -0.301. The number of carboxylic acid groups (broad SMARTS) is 1. The van der Waals surface area contributed by atoms with Crippen LogP contribution in [-0.4, -0.2) is 52.8 Å². The minimum absolute atomic E-state index is 0.301. The van der Waals surface area contributed by atoms with E-state index in [-0.39, 0.29) is 6.03 Å². The van der Waals surface area contributed by atoms with Gasteiger partial charge in [0.2, 0.25) is 0 Å². The van der Waals surface area contributed by atoms with E-state index in [2.05, 4.69) is 5.32 Å². The maximum Gasteiger partial charge on any atom is 0.329 e. The van der Waals surface area contributed by atoms with Crippen LogP contribution in [0.3, 0.4) is 0 Å². The Kier molecular flexibility index (Phi) is 3.23. The zero-order valence-electron chi connectivity index (χ0n) is 10.9. The van der Waals surface area contributed by atoms with Gasteiger partial charge in [-0.15, -0.1) is 0 Å². The first-order valence-electron chi connectivity index (χ1n) is 6.28. The second kappa shape index (κ2) is 4.42. The van der Waals surface area contributed by atoms with Gasteiger partial charge in [-0.1, -0.05) is 0 Å². The maximum atomic E-state index is 12.2. The molecule has 0 aromatic heterocycles. The molecule has 0 aromatic rings. The molecule has 102 valence electrons. The average Bonchev–Trinajstić information content (AvgIpc) is 2.21. The zero-order valence-corrected chi connectivity index (χ0v) is 10.9. The molecule has 0 bridgehead atoms. The van der Waals surface area contributed by atoms with Crippen LogP contribution in [0.25, 0.3) is 0 Å². The van der Waals surface area contributed by atoms with Crippen molar-refractivity contribution in [2.75, 3.05) is 19.8 Å². The van der Waals surface area contributed by atoms with Gasteiger partial charge in [0.1, 0.15) is 5.54 Å². The summed E-state index contributed by atoms with van der Waals surface area (Å²) in [6.07, 6.45) is 1.87. The van der Waals surface area contributed by atoms with Crippen LogP contribution in [0.4, 0.5) is 4.79 Å². The van der Waals surface area contributed by atoms with Gasteiger partial charge in [-0.25, -0.2) is 9.59 Å². The van der Waals surface area contributed by atoms with Crippen LogP contribution in [0, 0.1) is 0 Å². The number of nitrogens with zero attached hydrogens (tertiary/aromatic N) is 1. The molecular weight excluding hydrogens is 236 g/mol. The Morgan fingerprint density at radius 1 is 1.33 bits per heavy atom. The number of carboxylic acids is 1. The molecule has 2 amide bonds. The summed E-state index contributed by atoms with van der Waals surface area (Å²) in [5.74, 6) is -0.937. The first kappa shape index (κ1) is 13.1. The molecular formula is C12H20N2O4. The summed E-state index contributed by atoms with van der Waals surface area (Å²) in [6.45, 7) is 5.30. The molecule has 1 heterocycles. The molecule has 6 heteroatoms. The normalized spacial score (nSPS) is 25.1. The van der Waals surface area contributed by atoms with Crippen LogP contribution in [-0.2, 0) is 9.53 Å². The predicted molar refractivity (Wildman–Crippen MR) is 64.4 cm³/mol. The van der Waals surface area contributed by atoms with Crippen LogP contribution in [0.1, 0.15) is 33.1 Å². The predicted octanol–water partition coefficient (Wildman–Crippen LogP) is 0.814. The van der Waals surface area contributed by atoms with Gasteiger partial charge in [0, 0.05) is 6.54 Å². The summed E-state index contributed by atoms with van der Waals surface area (Å²) in [7, 11) is 0. The highest BCUT2D eigenvalue weighted by Gasteiger charge is 2.47. The van der Waals surface area contributed by atoms with E-state index in [1.54, 1.807) is 4.90 Å². The lowest BCUT2D eigenvalue weighted by atomic mass is 9.77. The largest absolute Gasteiger partial charge is 0.480 e. The number of urea groups is 1. The van der Waals surface area contributed by atoms with Crippen LogP contribution in [0.15, 0.2) is 0 Å². The van der Waals surface area contributed by atoms with Crippen LogP contribution in [0.2, 0.25) is 0 Å². The van der Waals surface area contributed by atoms with E-state index in [1.165, 1.54) is 0 Å². The quantitative estimate of drug-likeness (QED) is 0.766. The lowest BCUT2D eigenvalue weighted by Gasteiger charge is -2.45. The molecule has 0 unspecified atom stereocenters. The molecule has 18 heavy (non-hydrogen) atoms. The monoisotopic (exact) mass is 256 g/mol. The van der Waals surface area contributed by atoms with Crippen molar-refractivity contribution in [1.82, 2.24) is 10.2 Å². The smallest absolute Gasteiger partial charge is 0.329 e. The second-order valence-corrected chi connectivity index (χ2v) is 5.69. The zero-order chi connectivity index (χ0) is 13.4. The number of carbonyl (C=O) groups is 2. The summed E-state index contributed by atoms with van der Waals surface area (Å²) in [5.41, 5.74) is -1.45. The minimum atomic E-state index is -1.05. The molecule has 2 aliphatic rings.